The third-order valence-electron chi connectivity index (χ3n) is 3.44. The van der Waals surface area contributed by atoms with E-state index in [4.69, 9.17) is 0 Å². The summed E-state index contributed by atoms with van der Waals surface area (Å²) in [7, 11) is 1.64. The van der Waals surface area contributed by atoms with Crippen LogP contribution in [-0.2, 0) is 6.54 Å². The lowest BCUT2D eigenvalue weighted by Crippen LogP contribution is -2.21. The summed E-state index contributed by atoms with van der Waals surface area (Å²) in [4.78, 5) is 18.4. The molecule has 0 spiro atoms. The van der Waals surface area contributed by atoms with E-state index in [1.54, 1.807) is 13.2 Å². The van der Waals surface area contributed by atoms with E-state index >= 15 is 0 Å². The van der Waals surface area contributed by atoms with Crippen molar-refractivity contribution in [2.24, 2.45) is 0 Å². The maximum atomic E-state index is 11.6. The SMILES string of the molecule is CC[C@H]1c2cc(C(=O)NC)cnc2CN1CC. The number of rotatable bonds is 3. The quantitative estimate of drug-likeness (QED) is 0.864. The molecule has 1 N–H and O–H groups in total. The molecular weight excluding hydrogens is 214 g/mol. The van der Waals surface area contributed by atoms with Crippen molar-refractivity contribution in [2.75, 3.05) is 13.6 Å². The third kappa shape index (κ3) is 2.05. The molecule has 4 heteroatoms. The van der Waals surface area contributed by atoms with Gasteiger partial charge in [-0.25, -0.2) is 0 Å². The minimum atomic E-state index is -0.0647. The first-order valence-corrected chi connectivity index (χ1v) is 6.16. The van der Waals surface area contributed by atoms with Crippen molar-refractivity contribution in [1.29, 1.82) is 0 Å². The maximum Gasteiger partial charge on any atom is 0.252 e. The number of nitrogens with one attached hydrogen (secondary N) is 1. The molecule has 1 atom stereocenters. The lowest BCUT2D eigenvalue weighted by molar-refractivity contribution is 0.0962. The first kappa shape index (κ1) is 12.0. The van der Waals surface area contributed by atoms with E-state index in [0.29, 0.717) is 11.6 Å². The lowest BCUT2D eigenvalue weighted by atomic mass is 10.0. The fourth-order valence-electron chi connectivity index (χ4n) is 2.51. The van der Waals surface area contributed by atoms with Crippen LogP contribution in [0.1, 0.15) is 47.9 Å². The van der Waals surface area contributed by atoms with Gasteiger partial charge < -0.3 is 5.32 Å². The number of amides is 1. The van der Waals surface area contributed by atoms with Crippen molar-refractivity contribution >= 4 is 5.91 Å². The fourth-order valence-corrected chi connectivity index (χ4v) is 2.51. The van der Waals surface area contributed by atoms with E-state index in [-0.39, 0.29) is 5.91 Å². The molecular formula is C13H19N3O. The van der Waals surface area contributed by atoms with E-state index in [1.807, 2.05) is 6.07 Å². The minimum Gasteiger partial charge on any atom is -0.355 e. The molecule has 1 aromatic heterocycles. The van der Waals surface area contributed by atoms with Crippen LogP contribution in [-0.4, -0.2) is 29.4 Å². The molecule has 0 saturated carbocycles. The fraction of sp³-hybridized carbons (Fsp3) is 0.538. The second-order valence-corrected chi connectivity index (χ2v) is 4.33. The van der Waals surface area contributed by atoms with Crippen LogP contribution in [0, 0.1) is 0 Å². The van der Waals surface area contributed by atoms with Crippen molar-refractivity contribution in [3.63, 3.8) is 0 Å². The predicted molar refractivity (Wildman–Crippen MR) is 66.7 cm³/mol. The first-order chi connectivity index (χ1) is 8.21. The lowest BCUT2D eigenvalue weighted by Gasteiger charge is -2.21. The molecule has 0 unspecified atom stereocenters. The van der Waals surface area contributed by atoms with E-state index in [2.05, 4.69) is 29.0 Å². The van der Waals surface area contributed by atoms with Gasteiger partial charge in [-0.1, -0.05) is 13.8 Å². The number of pyridine rings is 1. The second-order valence-electron chi connectivity index (χ2n) is 4.33. The maximum absolute atomic E-state index is 11.6. The van der Waals surface area contributed by atoms with Gasteiger partial charge in [0, 0.05) is 25.8 Å². The van der Waals surface area contributed by atoms with Gasteiger partial charge >= 0.3 is 0 Å². The highest BCUT2D eigenvalue weighted by Crippen LogP contribution is 2.34. The summed E-state index contributed by atoms with van der Waals surface area (Å²) in [6.07, 6.45) is 2.73. The molecule has 0 aliphatic carbocycles. The molecule has 1 aliphatic heterocycles. The Kier molecular flexibility index (Phi) is 3.43. The van der Waals surface area contributed by atoms with Gasteiger partial charge in [0.2, 0.25) is 0 Å². The predicted octanol–water partition coefficient (Wildman–Crippen LogP) is 1.73. The molecule has 0 radical (unpaired) electrons. The molecule has 2 rings (SSSR count). The van der Waals surface area contributed by atoms with Crippen LogP contribution in [0.15, 0.2) is 12.3 Å². The normalized spacial score (nSPS) is 19.1. The number of hydrogen-bond donors (Lipinski definition) is 1. The standard InChI is InChI=1S/C13H19N3O/c1-4-12-10-6-9(13(17)14-3)7-15-11(10)8-16(12)5-2/h6-7,12H,4-5,8H2,1-3H3,(H,14,17)/t12-/m0/s1. The van der Waals surface area contributed by atoms with Crippen molar-refractivity contribution in [3.05, 3.63) is 29.1 Å². The molecule has 0 aromatic carbocycles. The first-order valence-electron chi connectivity index (χ1n) is 6.16. The van der Waals surface area contributed by atoms with Crippen LogP contribution in [0.4, 0.5) is 0 Å². The zero-order valence-corrected chi connectivity index (χ0v) is 10.7. The Hall–Kier alpha value is -1.42. The Labute approximate surface area is 102 Å². The van der Waals surface area contributed by atoms with Crippen LogP contribution in [0.2, 0.25) is 0 Å². The van der Waals surface area contributed by atoms with Gasteiger partial charge in [-0.3, -0.25) is 14.7 Å². The van der Waals surface area contributed by atoms with Crippen molar-refractivity contribution in [2.45, 2.75) is 32.9 Å². The highest BCUT2D eigenvalue weighted by Gasteiger charge is 2.29. The van der Waals surface area contributed by atoms with Crippen LogP contribution >= 0.6 is 0 Å². The summed E-state index contributed by atoms with van der Waals surface area (Å²) >= 11 is 0. The zero-order valence-electron chi connectivity index (χ0n) is 10.7. The summed E-state index contributed by atoms with van der Waals surface area (Å²) in [6, 6.07) is 2.40. The summed E-state index contributed by atoms with van der Waals surface area (Å²) in [6.45, 7) is 6.26. The van der Waals surface area contributed by atoms with E-state index in [1.165, 1.54) is 5.56 Å². The number of carbonyl (C=O) groups excluding carboxylic acids is 1. The molecule has 0 saturated heterocycles. The Bertz CT molecular complexity index is 431. The molecule has 0 fully saturated rings. The average molecular weight is 233 g/mol. The smallest absolute Gasteiger partial charge is 0.252 e. The summed E-state index contributed by atoms with van der Waals surface area (Å²) in [5, 5.41) is 2.64. The summed E-state index contributed by atoms with van der Waals surface area (Å²) in [5.74, 6) is -0.0647. The molecule has 0 bridgehead atoms. The number of nitrogens with zero attached hydrogens (tertiary/aromatic N) is 2. The Morgan fingerprint density at radius 1 is 1.59 bits per heavy atom. The van der Waals surface area contributed by atoms with E-state index in [9.17, 15) is 4.79 Å². The molecule has 1 aliphatic rings. The zero-order chi connectivity index (χ0) is 12.4. The van der Waals surface area contributed by atoms with Gasteiger partial charge in [0.1, 0.15) is 0 Å². The van der Waals surface area contributed by atoms with Crippen molar-refractivity contribution in [3.8, 4) is 0 Å². The van der Waals surface area contributed by atoms with Gasteiger partial charge in [0.25, 0.3) is 5.91 Å². The number of carbonyl (C=O) groups is 1. The van der Waals surface area contributed by atoms with Crippen LogP contribution in [0.3, 0.4) is 0 Å². The molecule has 92 valence electrons. The van der Waals surface area contributed by atoms with Gasteiger partial charge in [-0.15, -0.1) is 0 Å². The molecule has 17 heavy (non-hydrogen) atoms. The second kappa shape index (κ2) is 4.84. The Balaban J connectivity index is 2.37. The molecule has 1 aromatic rings. The number of fused-ring (bicyclic) bond motifs is 1. The monoisotopic (exact) mass is 233 g/mol. The minimum absolute atomic E-state index is 0.0647. The highest BCUT2D eigenvalue weighted by molar-refractivity contribution is 5.93. The largest absolute Gasteiger partial charge is 0.355 e. The topological polar surface area (TPSA) is 45.2 Å². The Morgan fingerprint density at radius 3 is 2.94 bits per heavy atom. The van der Waals surface area contributed by atoms with Crippen molar-refractivity contribution < 1.29 is 4.79 Å². The highest BCUT2D eigenvalue weighted by atomic mass is 16.1. The number of aromatic nitrogens is 1. The van der Waals surface area contributed by atoms with Gasteiger partial charge in [-0.2, -0.15) is 0 Å². The molecule has 4 nitrogen and oxygen atoms in total. The van der Waals surface area contributed by atoms with Gasteiger partial charge in [0.15, 0.2) is 0 Å². The molecule has 1 amide bonds. The van der Waals surface area contributed by atoms with Gasteiger partial charge in [0.05, 0.1) is 11.3 Å². The van der Waals surface area contributed by atoms with Crippen LogP contribution in [0.5, 0.6) is 0 Å². The summed E-state index contributed by atoms with van der Waals surface area (Å²) in [5.41, 5.74) is 2.99. The average Bonchev–Trinajstić information content (AvgIpc) is 2.74. The van der Waals surface area contributed by atoms with Gasteiger partial charge in [-0.05, 0) is 24.6 Å². The van der Waals surface area contributed by atoms with Crippen LogP contribution in [0.25, 0.3) is 0 Å². The van der Waals surface area contributed by atoms with E-state index < -0.39 is 0 Å². The van der Waals surface area contributed by atoms with E-state index in [0.717, 1.165) is 25.2 Å². The number of hydrogen-bond acceptors (Lipinski definition) is 3. The molecule has 2 heterocycles. The third-order valence-corrected chi connectivity index (χ3v) is 3.44. The van der Waals surface area contributed by atoms with Crippen molar-refractivity contribution in [1.82, 2.24) is 15.2 Å². The Morgan fingerprint density at radius 2 is 2.35 bits per heavy atom. The van der Waals surface area contributed by atoms with Crippen LogP contribution < -0.4 is 5.32 Å². The summed E-state index contributed by atoms with van der Waals surface area (Å²) < 4.78 is 0.